The number of fused-ring (bicyclic) bond motifs is 1. The number of amides is 2. The van der Waals surface area contributed by atoms with Crippen LogP contribution in [-0.4, -0.2) is 96.4 Å². The highest BCUT2D eigenvalue weighted by atomic mass is 19.4. The van der Waals surface area contributed by atoms with Crippen molar-refractivity contribution < 1.29 is 56.4 Å². The molecule has 2 aliphatic heterocycles. The summed E-state index contributed by atoms with van der Waals surface area (Å²) >= 11 is 0. The quantitative estimate of drug-likeness (QED) is 0.270. The van der Waals surface area contributed by atoms with Crippen LogP contribution in [0.25, 0.3) is 6.08 Å². The molecule has 0 aromatic heterocycles. The Morgan fingerprint density at radius 3 is 2.51 bits per heavy atom. The van der Waals surface area contributed by atoms with Crippen molar-refractivity contribution in [1.29, 1.82) is 0 Å². The molecule has 2 N–H and O–H groups in total. The minimum atomic E-state index is -4.65. The fourth-order valence-electron chi connectivity index (χ4n) is 6.66. The average Bonchev–Trinajstić information content (AvgIpc) is 3.99. The summed E-state index contributed by atoms with van der Waals surface area (Å²) in [5.74, 6) is -2.98. The van der Waals surface area contributed by atoms with Gasteiger partial charge >= 0.3 is 18.1 Å². The van der Waals surface area contributed by atoms with E-state index in [1.165, 1.54) is 29.2 Å². The number of hydrogen-bond acceptors (Lipinski definition) is 9. The van der Waals surface area contributed by atoms with E-state index in [0.717, 1.165) is 31.8 Å². The summed E-state index contributed by atoms with van der Waals surface area (Å²) < 4.78 is 60.5. The van der Waals surface area contributed by atoms with Crippen LogP contribution in [0.2, 0.25) is 0 Å². The van der Waals surface area contributed by atoms with E-state index in [9.17, 15) is 32.3 Å². The van der Waals surface area contributed by atoms with Crippen molar-refractivity contribution in [2.75, 3.05) is 26.3 Å². The van der Waals surface area contributed by atoms with Crippen LogP contribution in [0, 0.1) is 11.8 Å². The Balaban J connectivity index is 1.19. The van der Waals surface area contributed by atoms with Crippen molar-refractivity contribution in [3.05, 3.63) is 53.1 Å². The van der Waals surface area contributed by atoms with Crippen molar-refractivity contribution >= 4 is 29.8 Å². The maximum absolute atomic E-state index is 13.9. The smallest absolute Gasteiger partial charge is 0.422 e. The minimum Gasteiger partial charge on any atom is -0.456 e. The normalized spacial score (nSPS) is 26.9. The van der Waals surface area contributed by atoms with Crippen LogP contribution < -0.4 is 5.32 Å². The lowest BCUT2D eigenvalue weighted by Gasteiger charge is -2.33. The van der Waals surface area contributed by atoms with Crippen LogP contribution in [0.5, 0.6) is 0 Å². The fourth-order valence-corrected chi connectivity index (χ4v) is 6.66. The molecule has 2 amide bonds. The SMILES string of the molecule is O=C(C=Cc1cccc(C(=O)O[C@@H]2CC(C(=O)N3CCC[C@@H]3C(=O)NCCO)=C[C@H]3OC(C4CC4)(C4CC4)O[C@H]32)c1)OCC(F)(F)F. The number of benzene rings is 1. The van der Waals surface area contributed by atoms with Crippen molar-refractivity contribution in [1.82, 2.24) is 10.2 Å². The van der Waals surface area contributed by atoms with Gasteiger partial charge in [-0.05, 0) is 68.4 Å². The van der Waals surface area contributed by atoms with Crippen molar-refractivity contribution in [3.8, 4) is 0 Å². The molecule has 2 saturated carbocycles. The molecule has 254 valence electrons. The number of carbonyl (C=O) groups is 4. The third-order valence-corrected chi connectivity index (χ3v) is 9.08. The summed E-state index contributed by atoms with van der Waals surface area (Å²) in [6, 6.07) is 5.31. The number of hydrogen-bond donors (Lipinski definition) is 2. The number of nitrogens with zero attached hydrogens (tertiary/aromatic N) is 1. The number of ether oxygens (including phenoxy) is 4. The lowest BCUT2D eigenvalue weighted by Crippen LogP contribution is -2.49. The molecule has 47 heavy (non-hydrogen) atoms. The number of likely N-dealkylation sites (tertiary alicyclic amines) is 1. The molecule has 2 saturated heterocycles. The maximum Gasteiger partial charge on any atom is 0.422 e. The van der Waals surface area contributed by atoms with E-state index in [1.54, 1.807) is 12.1 Å². The van der Waals surface area contributed by atoms with Crippen LogP contribution in [0.15, 0.2) is 42.0 Å². The molecule has 0 unspecified atom stereocenters. The Hall–Kier alpha value is -3.75. The molecule has 0 bridgehead atoms. The molecular weight excluding hydrogens is 625 g/mol. The van der Waals surface area contributed by atoms with E-state index in [2.05, 4.69) is 10.1 Å². The van der Waals surface area contributed by atoms with Gasteiger partial charge < -0.3 is 34.3 Å². The first-order valence-corrected chi connectivity index (χ1v) is 16.0. The summed E-state index contributed by atoms with van der Waals surface area (Å²) in [7, 11) is 0. The Bertz CT molecular complexity index is 1440. The molecule has 1 aromatic rings. The lowest BCUT2D eigenvalue weighted by atomic mass is 9.91. The van der Waals surface area contributed by atoms with Crippen LogP contribution in [-0.2, 0) is 33.3 Å². The van der Waals surface area contributed by atoms with Crippen molar-refractivity contribution in [2.45, 2.75) is 81.3 Å². The molecule has 11 nitrogen and oxygen atoms in total. The number of rotatable bonds is 11. The zero-order valence-corrected chi connectivity index (χ0v) is 25.6. The second-order valence-electron chi connectivity index (χ2n) is 12.6. The van der Waals surface area contributed by atoms with Gasteiger partial charge in [0.2, 0.25) is 11.8 Å². The Kier molecular flexibility index (Phi) is 9.45. The van der Waals surface area contributed by atoms with E-state index in [0.29, 0.717) is 30.5 Å². The first-order valence-electron chi connectivity index (χ1n) is 16.0. The Morgan fingerprint density at radius 2 is 1.83 bits per heavy atom. The number of carbonyl (C=O) groups excluding carboxylic acids is 4. The first kappa shape index (κ1) is 33.2. The van der Waals surface area contributed by atoms with Crippen LogP contribution in [0.4, 0.5) is 13.2 Å². The molecule has 3 aliphatic carbocycles. The molecule has 14 heteroatoms. The van der Waals surface area contributed by atoms with E-state index >= 15 is 0 Å². The van der Waals surface area contributed by atoms with Crippen molar-refractivity contribution in [3.63, 3.8) is 0 Å². The standard InChI is InChI=1S/C33H37F3N2O9/c34-32(35,36)18-44-27(40)11-6-19-3-1-4-20(15-19)31(43)45-25-16-21(30(42)38-13-2-5-24(38)29(41)37-12-14-39)17-26-28(25)47-33(46-26,22-7-8-22)23-9-10-23/h1,3-4,6,11,15,17,22-26,28,39H,2,5,7-10,12-14,16,18H2,(H,37,41)/t24-,25-,26-,28+/m1/s1. The van der Waals surface area contributed by atoms with Crippen LogP contribution in [0.1, 0.15) is 60.9 Å². The Morgan fingerprint density at radius 1 is 1.09 bits per heavy atom. The molecule has 4 fully saturated rings. The zero-order chi connectivity index (χ0) is 33.3. The van der Waals surface area contributed by atoms with Gasteiger partial charge in [0.1, 0.15) is 24.4 Å². The molecule has 0 radical (unpaired) electrons. The van der Waals surface area contributed by atoms with Gasteiger partial charge in [0.05, 0.1) is 12.2 Å². The number of nitrogens with one attached hydrogen (secondary N) is 1. The second-order valence-corrected chi connectivity index (χ2v) is 12.6. The van der Waals surface area contributed by atoms with Gasteiger partial charge in [0, 0.05) is 43.0 Å². The van der Waals surface area contributed by atoms with Crippen molar-refractivity contribution in [2.24, 2.45) is 11.8 Å². The molecule has 0 spiro atoms. The van der Waals surface area contributed by atoms with Gasteiger partial charge in [-0.2, -0.15) is 13.2 Å². The summed E-state index contributed by atoms with van der Waals surface area (Å²) in [6.07, 6.45) is 1.93. The van der Waals surface area contributed by atoms with Gasteiger partial charge in [-0.15, -0.1) is 0 Å². The summed E-state index contributed by atoms with van der Waals surface area (Å²) in [5.41, 5.74) is 0.817. The number of esters is 2. The summed E-state index contributed by atoms with van der Waals surface area (Å²) in [4.78, 5) is 53.3. The monoisotopic (exact) mass is 662 g/mol. The minimum absolute atomic E-state index is 0.0344. The Labute approximate surface area is 269 Å². The maximum atomic E-state index is 13.9. The highest BCUT2D eigenvalue weighted by molar-refractivity contribution is 5.98. The molecule has 5 aliphatic rings. The van der Waals surface area contributed by atoms with Gasteiger partial charge in [0.25, 0.3) is 0 Å². The van der Waals surface area contributed by atoms with Gasteiger partial charge in [-0.3, -0.25) is 9.59 Å². The van der Waals surface area contributed by atoms with E-state index in [1.807, 2.05) is 0 Å². The second kappa shape index (κ2) is 13.4. The molecular formula is C33H37F3N2O9. The average molecular weight is 663 g/mol. The summed E-state index contributed by atoms with van der Waals surface area (Å²) in [6.45, 7) is -1.48. The van der Waals surface area contributed by atoms with Gasteiger partial charge in [-0.1, -0.05) is 12.1 Å². The van der Waals surface area contributed by atoms with E-state index in [-0.39, 0.29) is 48.8 Å². The predicted octanol–water partition coefficient (Wildman–Crippen LogP) is 3.06. The number of aliphatic hydroxyl groups excluding tert-OH is 1. The zero-order valence-electron chi connectivity index (χ0n) is 25.6. The van der Waals surface area contributed by atoms with Gasteiger partial charge in [-0.25, -0.2) is 9.59 Å². The molecule has 4 atom stereocenters. The predicted molar refractivity (Wildman–Crippen MR) is 157 cm³/mol. The molecule has 6 rings (SSSR count). The fraction of sp³-hybridized carbons (Fsp3) is 0.576. The number of alkyl halides is 3. The largest absolute Gasteiger partial charge is 0.456 e. The van der Waals surface area contributed by atoms with E-state index < -0.39 is 54.9 Å². The van der Waals surface area contributed by atoms with E-state index in [4.69, 9.17) is 19.3 Å². The summed E-state index contributed by atoms with van der Waals surface area (Å²) in [5, 5.41) is 11.8. The molecule has 2 heterocycles. The highest BCUT2D eigenvalue weighted by Gasteiger charge is 2.64. The number of aliphatic hydroxyl groups is 1. The van der Waals surface area contributed by atoms with Crippen LogP contribution >= 0.6 is 0 Å². The highest BCUT2D eigenvalue weighted by Crippen LogP contribution is 2.59. The van der Waals surface area contributed by atoms with Crippen LogP contribution in [0.3, 0.4) is 0 Å². The number of halogens is 3. The third-order valence-electron chi connectivity index (χ3n) is 9.08. The van der Waals surface area contributed by atoms with Gasteiger partial charge in [0.15, 0.2) is 12.4 Å². The third kappa shape index (κ3) is 7.54. The topological polar surface area (TPSA) is 141 Å². The lowest BCUT2D eigenvalue weighted by molar-refractivity contribution is -0.209. The first-order chi connectivity index (χ1) is 22.5. The molecule has 1 aromatic carbocycles.